The van der Waals surface area contributed by atoms with E-state index in [-0.39, 0.29) is 50.5 Å². The van der Waals surface area contributed by atoms with E-state index in [1.54, 1.807) is 91.0 Å². The molecule has 0 saturated carbocycles. The molecular formula is C63H46O16. The molecule has 9 aromatic rings. The molecule has 1 N–H and O–H groups in total. The van der Waals surface area contributed by atoms with Crippen LogP contribution in [-0.2, 0) is 29.5 Å². The Morgan fingerprint density at radius 3 is 1.52 bits per heavy atom. The van der Waals surface area contributed by atoms with Crippen molar-refractivity contribution in [2.75, 3.05) is 13.7 Å². The highest BCUT2D eigenvalue weighted by molar-refractivity contribution is 5.92. The van der Waals surface area contributed by atoms with Gasteiger partial charge in [-0.2, -0.15) is 0 Å². The lowest BCUT2D eigenvalue weighted by Crippen LogP contribution is -2.63. The Hall–Kier alpha value is -10.2. The molecule has 0 spiro atoms. The molecule has 1 aromatic heterocycles. The molecular weight excluding hydrogens is 1010 g/mol. The largest absolute Gasteiger partial charge is 0.507 e. The topological polar surface area (TPSA) is 202 Å². The minimum absolute atomic E-state index is 0.0558. The molecule has 2 aliphatic rings. The molecule has 5 atom stereocenters. The Morgan fingerprint density at radius 1 is 0.532 bits per heavy atom. The fraction of sp³-hybridized carbons (Fsp3) is 0.127. The lowest BCUT2D eigenvalue weighted by molar-refractivity contribution is -0.275. The van der Waals surface area contributed by atoms with Crippen molar-refractivity contribution in [2.24, 2.45) is 0 Å². The summed E-state index contributed by atoms with van der Waals surface area (Å²) in [4.78, 5) is 70.4. The summed E-state index contributed by atoms with van der Waals surface area (Å²) in [5, 5.41) is 11.4. The van der Waals surface area contributed by atoms with Crippen LogP contribution in [0.4, 0.5) is 0 Å². The molecule has 0 bridgehead atoms. The van der Waals surface area contributed by atoms with Crippen LogP contribution in [-0.4, -0.2) is 73.4 Å². The molecule has 0 aliphatic carbocycles. The van der Waals surface area contributed by atoms with Gasteiger partial charge in [-0.05, 0) is 66.7 Å². The van der Waals surface area contributed by atoms with E-state index in [1.807, 2.05) is 60.7 Å². The number of aromatic hydroxyl groups is 1. The lowest BCUT2D eigenvalue weighted by atomic mass is 9.97. The van der Waals surface area contributed by atoms with Crippen molar-refractivity contribution in [3.05, 3.63) is 256 Å². The van der Waals surface area contributed by atoms with Crippen LogP contribution in [0.25, 0.3) is 22.3 Å². The summed E-state index contributed by atoms with van der Waals surface area (Å²) in [5.41, 5.74) is 1.27. The number of rotatable bonds is 15. The van der Waals surface area contributed by atoms with Crippen LogP contribution < -0.4 is 24.4 Å². The molecule has 1 fully saturated rings. The van der Waals surface area contributed by atoms with Crippen molar-refractivity contribution in [3.63, 3.8) is 0 Å². The second-order valence-electron chi connectivity index (χ2n) is 18.2. The third-order valence-corrected chi connectivity index (χ3v) is 13.1. The maximum absolute atomic E-state index is 14.4. The monoisotopic (exact) mass is 1060 g/mol. The summed E-state index contributed by atoms with van der Waals surface area (Å²) < 4.78 is 62.8. The minimum atomic E-state index is -1.82. The van der Waals surface area contributed by atoms with Gasteiger partial charge in [0.15, 0.2) is 29.5 Å². The predicted molar refractivity (Wildman–Crippen MR) is 284 cm³/mol. The van der Waals surface area contributed by atoms with Crippen LogP contribution in [0.3, 0.4) is 0 Å². The summed E-state index contributed by atoms with van der Waals surface area (Å²) in [6.45, 7) is -0.632. The number of carbonyl (C=O) groups excluding carboxylic acids is 4. The van der Waals surface area contributed by atoms with E-state index in [4.69, 9.17) is 47.0 Å². The second-order valence-corrected chi connectivity index (χ2v) is 18.2. The first-order chi connectivity index (χ1) is 38.6. The number of hydrogen-bond donors (Lipinski definition) is 1. The quantitative estimate of drug-likeness (QED) is 0.0750. The molecule has 8 aromatic carbocycles. The fourth-order valence-electron chi connectivity index (χ4n) is 9.32. The summed E-state index contributed by atoms with van der Waals surface area (Å²) in [7, 11) is 1.29. The summed E-state index contributed by atoms with van der Waals surface area (Å²) in [5.74, 6) is -5.30. The summed E-state index contributed by atoms with van der Waals surface area (Å²) in [6, 6.07) is 58.0. The molecule has 3 heterocycles. The Bertz CT molecular complexity index is 3690. The predicted octanol–water partition coefficient (Wildman–Crippen LogP) is 10.5. The van der Waals surface area contributed by atoms with Crippen LogP contribution in [0, 0.1) is 0 Å². The minimum Gasteiger partial charge on any atom is -0.507 e. The Labute approximate surface area is 450 Å². The highest BCUT2D eigenvalue weighted by atomic mass is 16.7. The van der Waals surface area contributed by atoms with Gasteiger partial charge in [0.05, 0.1) is 29.4 Å². The molecule has 1 saturated heterocycles. The van der Waals surface area contributed by atoms with Crippen LogP contribution in [0.1, 0.15) is 52.6 Å². The number of ether oxygens (including phenoxy) is 9. The highest BCUT2D eigenvalue weighted by Crippen LogP contribution is 2.50. The lowest BCUT2D eigenvalue weighted by Gasteiger charge is -2.44. The van der Waals surface area contributed by atoms with Gasteiger partial charge in [0.1, 0.15) is 35.2 Å². The molecule has 394 valence electrons. The molecule has 16 heteroatoms. The van der Waals surface area contributed by atoms with Crippen LogP contribution in [0.15, 0.2) is 222 Å². The summed E-state index contributed by atoms with van der Waals surface area (Å²) >= 11 is 0. The highest BCUT2D eigenvalue weighted by Gasteiger charge is 2.54. The van der Waals surface area contributed by atoms with Gasteiger partial charge in [0.2, 0.25) is 23.6 Å². The SMILES string of the molecule is COc1c(-c2ccc3c(c2)OC(c2ccccc2)(c2ccccc2)O3)oc2cc(O[C@@H]3OC(COC(=O)c4ccccc4)[C@@H](OC(=O)c4ccccc4)C(OC(=O)c4ccccc4)[C@@H]3OC(=O)c3ccccc3)cc(O)c2c1=O. The van der Waals surface area contributed by atoms with Gasteiger partial charge >= 0.3 is 29.7 Å². The number of carbonyl (C=O) groups is 4. The van der Waals surface area contributed by atoms with E-state index in [0.717, 1.165) is 17.2 Å². The molecule has 0 radical (unpaired) electrons. The number of esters is 4. The number of phenolic OH excluding ortho intramolecular Hbond substituents is 1. The van der Waals surface area contributed by atoms with Gasteiger partial charge in [-0.3, -0.25) is 4.79 Å². The zero-order valence-corrected chi connectivity index (χ0v) is 41.9. The standard InChI is InChI=1S/C63H46O16/c1-70-55-52(65)51-46(64)35-45(36-49(51)73-53(55)42-32-33-47-48(34-42)79-63(78-47,43-28-16-6-17-29-43)44-30-18-7-19-31-44)72-62-57(77-61(69)41-26-14-5-15-27-41)56(76-60(68)40-24-12-4-13-25-40)54(75-59(67)39-22-10-3-11-23-39)50(74-62)37-71-58(66)38-20-8-2-9-21-38/h2-36,50,54,56-57,62,64H,37H2,1H3/t50?,54-,56?,57+,62-/m1/s1. The Morgan fingerprint density at radius 2 is 1.00 bits per heavy atom. The van der Waals surface area contributed by atoms with Gasteiger partial charge in [-0.1, -0.05) is 133 Å². The average molecular weight is 1060 g/mol. The number of methoxy groups -OCH3 is 1. The second kappa shape index (κ2) is 22.2. The van der Waals surface area contributed by atoms with Crippen LogP contribution >= 0.6 is 0 Å². The first kappa shape index (κ1) is 50.9. The number of hydrogen-bond acceptors (Lipinski definition) is 16. The first-order valence-corrected chi connectivity index (χ1v) is 24.9. The zero-order chi connectivity index (χ0) is 54.5. The smallest absolute Gasteiger partial charge is 0.338 e. The number of benzene rings is 8. The van der Waals surface area contributed by atoms with Crippen molar-refractivity contribution < 1.29 is 71.3 Å². The third-order valence-electron chi connectivity index (χ3n) is 13.1. The molecule has 16 nitrogen and oxygen atoms in total. The van der Waals surface area contributed by atoms with E-state index in [0.29, 0.717) is 17.1 Å². The van der Waals surface area contributed by atoms with Gasteiger partial charge in [-0.25, -0.2) is 19.2 Å². The van der Waals surface area contributed by atoms with Crippen molar-refractivity contribution >= 4 is 34.8 Å². The number of fused-ring (bicyclic) bond motifs is 2. The fourth-order valence-corrected chi connectivity index (χ4v) is 9.32. The van der Waals surface area contributed by atoms with E-state index in [1.165, 1.54) is 61.7 Å². The van der Waals surface area contributed by atoms with Gasteiger partial charge < -0.3 is 52.2 Å². The Balaban J connectivity index is 0.998. The van der Waals surface area contributed by atoms with Crippen molar-refractivity contribution in [1.29, 1.82) is 0 Å². The number of phenols is 1. The van der Waals surface area contributed by atoms with Crippen molar-refractivity contribution in [1.82, 2.24) is 0 Å². The molecule has 2 aliphatic heterocycles. The Kier molecular flexibility index (Phi) is 14.3. The normalized spacial score (nSPS) is 17.9. The molecule has 2 unspecified atom stereocenters. The van der Waals surface area contributed by atoms with Crippen LogP contribution in [0.5, 0.6) is 28.7 Å². The molecule has 79 heavy (non-hydrogen) atoms. The molecule has 11 rings (SSSR count). The maximum Gasteiger partial charge on any atom is 0.338 e. The molecule has 0 amide bonds. The van der Waals surface area contributed by atoms with Crippen molar-refractivity contribution in [3.8, 4) is 40.1 Å². The van der Waals surface area contributed by atoms with E-state index in [2.05, 4.69) is 0 Å². The maximum atomic E-state index is 14.4. The zero-order valence-electron chi connectivity index (χ0n) is 41.9. The van der Waals surface area contributed by atoms with Crippen molar-refractivity contribution in [2.45, 2.75) is 36.5 Å². The van der Waals surface area contributed by atoms with Gasteiger partial charge in [0.25, 0.3) is 0 Å². The third kappa shape index (κ3) is 10.4. The first-order valence-electron chi connectivity index (χ1n) is 24.9. The van der Waals surface area contributed by atoms with E-state index >= 15 is 0 Å². The van der Waals surface area contributed by atoms with Gasteiger partial charge in [-0.15, -0.1) is 0 Å². The van der Waals surface area contributed by atoms with Gasteiger partial charge in [0, 0.05) is 28.8 Å². The van der Waals surface area contributed by atoms with E-state index < -0.39 is 78.2 Å². The average Bonchev–Trinajstić information content (AvgIpc) is 4.18. The van der Waals surface area contributed by atoms with E-state index in [9.17, 15) is 29.1 Å². The van der Waals surface area contributed by atoms with Crippen LogP contribution in [0.2, 0.25) is 0 Å². The summed E-state index contributed by atoms with van der Waals surface area (Å²) in [6.07, 6.45) is -8.55.